The van der Waals surface area contributed by atoms with E-state index < -0.39 is 0 Å². The molecule has 2 aromatic heterocycles. The number of fused-ring (bicyclic) bond motifs is 11. The maximum Gasteiger partial charge on any atom is 0.159 e. The molecule has 3 nitrogen and oxygen atoms in total. The molecule has 0 atom stereocenters. The zero-order chi connectivity index (χ0) is 30.9. The molecule has 8 aromatic carbocycles. The molecule has 0 aliphatic carbocycles. The van der Waals surface area contributed by atoms with Crippen LogP contribution in [0.15, 0.2) is 173 Å². The Labute approximate surface area is 270 Å². The van der Waals surface area contributed by atoms with E-state index in [1.807, 2.05) is 12.1 Å². The highest BCUT2D eigenvalue weighted by Crippen LogP contribution is 2.50. The van der Waals surface area contributed by atoms with Crippen LogP contribution in [0.5, 0.6) is 0 Å². The smallest absolute Gasteiger partial charge is 0.159 e. The fourth-order valence-corrected chi connectivity index (χ4v) is 7.42. The molecule has 0 unspecified atom stereocenters. The predicted molar refractivity (Wildman–Crippen MR) is 196 cm³/mol. The second kappa shape index (κ2) is 10.1. The van der Waals surface area contributed by atoms with E-state index in [0.717, 1.165) is 77.5 Å². The standard InChI is InChI=1S/C44H27NO2/c1-3-14-28(15-4-1)40-37(27-26-36-41-33-21-9-7-18-30(33)31-19-8-10-22-34(31)43(41)47-44(36)40)45(29-16-5-2-6-17-29)38-24-13-23-35-32-20-11-12-25-39(32)46-42(35)38/h1-27H. The monoisotopic (exact) mass is 601 g/mol. The van der Waals surface area contributed by atoms with Crippen LogP contribution < -0.4 is 4.90 Å². The Kier molecular flexibility index (Phi) is 5.57. The summed E-state index contributed by atoms with van der Waals surface area (Å²) in [6, 6.07) is 57.5. The highest BCUT2D eigenvalue weighted by atomic mass is 16.3. The van der Waals surface area contributed by atoms with E-state index in [-0.39, 0.29) is 0 Å². The van der Waals surface area contributed by atoms with Gasteiger partial charge in [0.25, 0.3) is 0 Å². The predicted octanol–water partition coefficient (Wildman–Crippen LogP) is 12.9. The van der Waals surface area contributed by atoms with Crippen molar-refractivity contribution in [2.75, 3.05) is 4.90 Å². The Bertz CT molecular complexity index is 2790. The number of anilines is 3. The summed E-state index contributed by atoms with van der Waals surface area (Å²) >= 11 is 0. The Hall–Kier alpha value is -6.32. The Balaban J connectivity index is 1.37. The number of para-hydroxylation sites is 3. The first-order chi connectivity index (χ1) is 23.3. The SMILES string of the molecule is c1ccc(-c2c(N(c3ccccc3)c3cccc4c3oc3ccccc34)ccc3c2oc2c4ccccc4c4ccccc4c32)cc1. The van der Waals surface area contributed by atoms with Crippen LogP contribution in [0.2, 0.25) is 0 Å². The Morgan fingerprint density at radius 2 is 0.936 bits per heavy atom. The van der Waals surface area contributed by atoms with Crippen LogP contribution in [0.1, 0.15) is 0 Å². The number of hydrogen-bond acceptors (Lipinski definition) is 3. The van der Waals surface area contributed by atoms with Crippen molar-refractivity contribution in [3.05, 3.63) is 164 Å². The van der Waals surface area contributed by atoms with Crippen molar-refractivity contribution in [3.63, 3.8) is 0 Å². The normalized spacial score (nSPS) is 11.8. The van der Waals surface area contributed by atoms with E-state index in [9.17, 15) is 0 Å². The lowest BCUT2D eigenvalue weighted by molar-refractivity contribution is 0.668. The molecule has 10 rings (SSSR count). The minimum atomic E-state index is 0.846. The third-order valence-corrected chi connectivity index (χ3v) is 9.44. The first-order valence-corrected chi connectivity index (χ1v) is 15.9. The molecule has 0 amide bonds. The van der Waals surface area contributed by atoms with Gasteiger partial charge in [-0.05, 0) is 58.1 Å². The number of benzene rings is 8. The van der Waals surface area contributed by atoms with E-state index in [1.165, 1.54) is 16.2 Å². The Morgan fingerprint density at radius 1 is 0.340 bits per heavy atom. The molecule has 0 aliphatic rings. The van der Waals surface area contributed by atoms with Gasteiger partial charge in [-0.25, -0.2) is 0 Å². The highest BCUT2D eigenvalue weighted by Gasteiger charge is 2.26. The minimum absolute atomic E-state index is 0.846. The van der Waals surface area contributed by atoms with Gasteiger partial charge in [0.1, 0.15) is 16.7 Å². The third-order valence-electron chi connectivity index (χ3n) is 9.44. The first-order valence-electron chi connectivity index (χ1n) is 15.9. The molecule has 0 saturated carbocycles. The average molecular weight is 602 g/mol. The van der Waals surface area contributed by atoms with Crippen LogP contribution in [-0.2, 0) is 0 Å². The molecule has 0 radical (unpaired) electrons. The number of rotatable bonds is 4. The van der Waals surface area contributed by atoms with Gasteiger partial charge in [0.2, 0.25) is 0 Å². The zero-order valence-corrected chi connectivity index (χ0v) is 25.4. The summed E-state index contributed by atoms with van der Waals surface area (Å²) in [5, 5.41) is 9.16. The van der Waals surface area contributed by atoms with Crippen molar-refractivity contribution >= 4 is 82.5 Å². The number of nitrogens with zero attached hydrogens (tertiary/aromatic N) is 1. The van der Waals surface area contributed by atoms with Crippen LogP contribution >= 0.6 is 0 Å². The molecule has 0 fully saturated rings. The lowest BCUT2D eigenvalue weighted by atomic mass is 9.95. The Morgan fingerprint density at radius 3 is 1.72 bits per heavy atom. The van der Waals surface area contributed by atoms with Crippen LogP contribution in [-0.4, -0.2) is 0 Å². The molecule has 47 heavy (non-hydrogen) atoms. The molecule has 0 N–H and O–H groups in total. The number of furan rings is 2. The first kappa shape index (κ1) is 26.0. The summed E-state index contributed by atoms with van der Waals surface area (Å²) in [7, 11) is 0. The van der Waals surface area contributed by atoms with Crippen molar-refractivity contribution in [3.8, 4) is 11.1 Å². The van der Waals surface area contributed by atoms with Crippen LogP contribution in [0, 0.1) is 0 Å². The van der Waals surface area contributed by atoms with Gasteiger partial charge in [0.15, 0.2) is 5.58 Å². The lowest BCUT2D eigenvalue weighted by Gasteiger charge is -2.28. The van der Waals surface area contributed by atoms with Crippen molar-refractivity contribution in [1.82, 2.24) is 0 Å². The zero-order valence-electron chi connectivity index (χ0n) is 25.4. The maximum absolute atomic E-state index is 7.11. The number of hydrogen-bond donors (Lipinski definition) is 0. The summed E-state index contributed by atoms with van der Waals surface area (Å²) < 4.78 is 13.7. The maximum atomic E-state index is 7.11. The van der Waals surface area contributed by atoms with Gasteiger partial charge in [-0.2, -0.15) is 0 Å². The molecule has 0 aliphatic heterocycles. The van der Waals surface area contributed by atoms with Crippen LogP contribution in [0.4, 0.5) is 17.1 Å². The van der Waals surface area contributed by atoms with Crippen molar-refractivity contribution in [1.29, 1.82) is 0 Å². The summed E-state index contributed by atoms with van der Waals surface area (Å²) in [4.78, 5) is 2.32. The van der Waals surface area contributed by atoms with E-state index in [2.05, 4.69) is 157 Å². The van der Waals surface area contributed by atoms with Crippen molar-refractivity contribution < 1.29 is 8.83 Å². The summed E-state index contributed by atoms with van der Waals surface area (Å²) in [5.41, 5.74) is 8.61. The molecule has 3 heteroatoms. The van der Waals surface area contributed by atoms with Crippen molar-refractivity contribution in [2.45, 2.75) is 0 Å². The lowest BCUT2D eigenvalue weighted by Crippen LogP contribution is -2.11. The minimum Gasteiger partial charge on any atom is -0.455 e. The second-order valence-electron chi connectivity index (χ2n) is 12.0. The van der Waals surface area contributed by atoms with E-state index in [1.54, 1.807) is 0 Å². The quantitative estimate of drug-likeness (QED) is 0.188. The van der Waals surface area contributed by atoms with Gasteiger partial charge in [0, 0.05) is 38.2 Å². The van der Waals surface area contributed by atoms with E-state index >= 15 is 0 Å². The van der Waals surface area contributed by atoms with Gasteiger partial charge in [0.05, 0.1) is 11.4 Å². The van der Waals surface area contributed by atoms with E-state index in [4.69, 9.17) is 8.83 Å². The highest BCUT2D eigenvalue weighted by molar-refractivity contribution is 6.31. The van der Waals surface area contributed by atoms with Crippen LogP contribution in [0.25, 0.3) is 76.5 Å². The summed E-state index contributed by atoms with van der Waals surface area (Å²) in [5.74, 6) is 0. The molecule has 0 saturated heterocycles. The summed E-state index contributed by atoms with van der Waals surface area (Å²) in [6.07, 6.45) is 0. The molecule has 2 heterocycles. The van der Waals surface area contributed by atoms with Gasteiger partial charge in [-0.3, -0.25) is 0 Å². The molecular formula is C44H27NO2. The summed E-state index contributed by atoms with van der Waals surface area (Å²) in [6.45, 7) is 0. The van der Waals surface area contributed by atoms with Gasteiger partial charge in [-0.15, -0.1) is 0 Å². The third kappa shape index (κ3) is 3.81. The molecule has 10 aromatic rings. The topological polar surface area (TPSA) is 29.5 Å². The van der Waals surface area contributed by atoms with Gasteiger partial charge >= 0.3 is 0 Å². The molecule has 0 bridgehead atoms. The fourth-order valence-electron chi connectivity index (χ4n) is 7.42. The average Bonchev–Trinajstić information content (AvgIpc) is 3.72. The largest absolute Gasteiger partial charge is 0.455 e. The molecule has 220 valence electrons. The van der Waals surface area contributed by atoms with Crippen molar-refractivity contribution in [2.24, 2.45) is 0 Å². The molecule has 0 spiro atoms. The van der Waals surface area contributed by atoms with Crippen LogP contribution in [0.3, 0.4) is 0 Å². The van der Waals surface area contributed by atoms with Gasteiger partial charge in [-0.1, -0.05) is 127 Å². The van der Waals surface area contributed by atoms with E-state index in [0.29, 0.717) is 0 Å². The second-order valence-corrected chi connectivity index (χ2v) is 12.0. The molecular weight excluding hydrogens is 574 g/mol. The van der Waals surface area contributed by atoms with Gasteiger partial charge < -0.3 is 13.7 Å². The fraction of sp³-hybridized carbons (Fsp3) is 0.